The van der Waals surface area contributed by atoms with Crippen molar-refractivity contribution in [2.45, 2.75) is 25.8 Å². The number of carbonyl (C=O) groups excluding carboxylic acids is 1. The van der Waals surface area contributed by atoms with E-state index in [1.165, 1.54) is 0 Å². The van der Waals surface area contributed by atoms with Crippen LogP contribution >= 0.6 is 0 Å². The van der Waals surface area contributed by atoms with Crippen molar-refractivity contribution in [3.05, 3.63) is 29.8 Å². The van der Waals surface area contributed by atoms with E-state index in [9.17, 15) is 14.7 Å². The molecule has 26 heavy (non-hydrogen) atoms. The number of urea groups is 1. The van der Waals surface area contributed by atoms with Crippen LogP contribution in [-0.2, 0) is 16.1 Å². The minimum atomic E-state index is -0.764. The summed E-state index contributed by atoms with van der Waals surface area (Å²) in [7, 11) is 1.63. The number of nitrogens with zero attached hydrogens (tertiary/aromatic N) is 1. The molecule has 0 spiro atoms. The SMILES string of the molecule is COCCOc1ccc(CNC(=O)N2C[C@@H]3CCC[C@@]3(C(=O)O)C2)cc1. The Morgan fingerprint density at radius 1 is 1.31 bits per heavy atom. The highest BCUT2D eigenvalue weighted by Gasteiger charge is 2.55. The molecule has 1 saturated carbocycles. The normalized spacial score (nSPS) is 24.3. The summed E-state index contributed by atoms with van der Waals surface area (Å²) < 4.78 is 10.4. The first-order valence-electron chi connectivity index (χ1n) is 9.02. The minimum absolute atomic E-state index is 0.0780. The van der Waals surface area contributed by atoms with Gasteiger partial charge in [0.15, 0.2) is 0 Å². The fourth-order valence-electron chi connectivity index (χ4n) is 4.03. The van der Waals surface area contributed by atoms with Gasteiger partial charge in [-0.15, -0.1) is 0 Å². The Balaban J connectivity index is 1.49. The van der Waals surface area contributed by atoms with Crippen LogP contribution in [0.4, 0.5) is 4.79 Å². The molecule has 2 aliphatic rings. The molecule has 1 aliphatic heterocycles. The van der Waals surface area contributed by atoms with Crippen LogP contribution < -0.4 is 10.1 Å². The van der Waals surface area contributed by atoms with Gasteiger partial charge in [0.25, 0.3) is 0 Å². The number of rotatable bonds is 7. The maximum Gasteiger partial charge on any atom is 0.317 e. The number of aliphatic carboxylic acids is 1. The first-order valence-corrected chi connectivity index (χ1v) is 9.02. The molecule has 7 heteroatoms. The lowest BCUT2D eigenvalue weighted by Gasteiger charge is -2.23. The summed E-state index contributed by atoms with van der Waals surface area (Å²) in [6, 6.07) is 7.33. The molecule has 1 saturated heterocycles. The fraction of sp³-hybridized carbons (Fsp3) is 0.579. The Hall–Kier alpha value is -2.28. The van der Waals surface area contributed by atoms with Crippen LogP contribution in [0.1, 0.15) is 24.8 Å². The number of likely N-dealkylation sites (tertiary alicyclic amines) is 1. The largest absolute Gasteiger partial charge is 0.491 e. The monoisotopic (exact) mass is 362 g/mol. The first-order chi connectivity index (χ1) is 12.5. The summed E-state index contributed by atoms with van der Waals surface area (Å²) in [5.74, 6) is 0.0709. The number of hydrogen-bond acceptors (Lipinski definition) is 4. The lowest BCUT2D eigenvalue weighted by atomic mass is 9.81. The minimum Gasteiger partial charge on any atom is -0.491 e. The van der Waals surface area contributed by atoms with Crippen molar-refractivity contribution < 1.29 is 24.2 Å². The van der Waals surface area contributed by atoms with E-state index < -0.39 is 11.4 Å². The van der Waals surface area contributed by atoms with Gasteiger partial charge < -0.3 is 24.8 Å². The third kappa shape index (κ3) is 3.77. The van der Waals surface area contributed by atoms with E-state index in [0.29, 0.717) is 39.3 Å². The molecule has 3 rings (SSSR count). The molecule has 0 aromatic heterocycles. The number of carboxylic acids is 1. The van der Waals surface area contributed by atoms with Gasteiger partial charge in [0.1, 0.15) is 12.4 Å². The van der Waals surface area contributed by atoms with Crippen LogP contribution in [0.3, 0.4) is 0 Å². The number of ether oxygens (including phenoxy) is 2. The molecule has 0 radical (unpaired) electrons. The van der Waals surface area contributed by atoms with Crippen LogP contribution in [-0.4, -0.2) is 55.4 Å². The third-order valence-electron chi connectivity index (χ3n) is 5.51. The molecule has 1 aliphatic carbocycles. The molecular formula is C19H26N2O5. The molecular weight excluding hydrogens is 336 g/mol. The van der Waals surface area contributed by atoms with Crippen LogP contribution in [0.15, 0.2) is 24.3 Å². The predicted octanol–water partition coefficient (Wildman–Crippen LogP) is 2.11. The smallest absolute Gasteiger partial charge is 0.317 e. The van der Waals surface area contributed by atoms with Crippen molar-refractivity contribution in [2.75, 3.05) is 33.4 Å². The second-order valence-corrected chi connectivity index (χ2v) is 7.07. The van der Waals surface area contributed by atoms with Gasteiger partial charge in [-0.25, -0.2) is 4.79 Å². The van der Waals surface area contributed by atoms with Gasteiger partial charge >= 0.3 is 12.0 Å². The number of fused-ring (bicyclic) bond motifs is 1. The summed E-state index contributed by atoms with van der Waals surface area (Å²) in [5.41, 5.74) is 0.225. The zero-order valence-electron chi connectivity index (χ0n) is 15.1. The number of nitrogens with one attached hydrogen (secondary N) is 1. The van der Waals surface area contributed by atoms with Crippen LogP contribution in [0.5, 0.6) is 5.75 Å². The summed E-state index contributed by atoms with van der Waals surface area (Å²) in [5, 5.41) is 12.5. The third-order valence-corrected chi connectivity index (χ3v) is 5.51. The van der Waals surface area contributed by atoms with E-state index in [0.717, 1.165) is 24.2 Å². The van der Waals surface area contributed by atoms with E-state index >= 15 is 0 Å². The number of carbonyl (C=O) groups is 2. The van der Waals surface area contributed by atoms with Gasteiger partial charge in [0, 0.05) is 26.7 Å². The molecule has 2 N–H and O–H groups in total. The Morgan fingerprint density at radius 2 is 2.08 bits per heavy atom. The summed E-state index contributed by atoms with van der Waals surface area (Å²) in [4.78, 5) is 25.8. The van der Waals surface area contributed by atoms with E-state index in [2.05, 4.69) is 5.32 Å². The Bertz CT molecular complexity index is 648. The topological polar surface area (TPSA) is 88.1 Å². The number of benzene rings is 1. The molecule has 2 atom stereocenters. The summed E-state index contributed by atoms with van der Waals surface area (Å²) in [6.07, 6.45) is 2.49. The Morgan fingerprint density at radius 3 is 2.73 bits per heavy atom. The molecule has 142 valence electrons. The molecule has 7 nitrogen and oxygen atoms in total. The van der Waals surface area contributed by atoms with Gasteiger partial charge in [-0.2, -0.15) is 0 Å². The number of amides is 2. The zero-order valence-corrected chi connectivity index (χ0v) is 15.1. The first kappa shape index (κ1) is 18.5. The molecule has 0 unspecified atom stereocenters. The van der Waals surface area contributed by atoms with Gasteiger partial charge in [0.2, 0.25) is 0 Å². The second kappa shape index (κ2) is 7.95. The second-order valence-electron chi connectivity index (χ2n) is 7.07. The Kier molecular flexibility index (Phi) is 5.66. The van der Waals surface area contributed by atoms with Crippen molar-refractivity contribution in [1.82, 2.24) is 10.2 Å². The quantitative estimate of drug-likeness (QED) is 0.726. The molecule has 2 fully saturated rings. The van der Waals surface area contributed by atoms with Gasteiger partial charge in [0.05, 0.1) is 12.0 Å². The molecule has 2 amide bonds. The number of methoxy groups -OCH3 is 1. The van der Waals surface area contributed by atoms with Gasteiger partial charge in [-0.3, -0.25) is 4.79 Å². The fourth-order valence-corrected chi connectivity index (χ4v) is 4.03. The lowest BCUT2D eigenvalue weighted by molar-refractivity contribution is -0.149. The molecule has 0 bridgehead atoms. The van der Waals surface area contributed by atoms with Crippen molar-refractivity contribution in [1.29, 1.82) is 0 Å². The van der Waals surface area contributed by atoms with E-state index in [1.807, 2.05) is 24.3 Å². The van der Waals surface area contributed by atoms with E-state index in [-0.39, 0.29) is 11.9 Å². The molecule has 1 heterocycles. The average Bonchev–Trinajstić information content (AvgIpc) is 3.19. The highest BCUT2D eigenvalue weighted by molar-refractivity contribution is 5.80. The van der Waals surface area contributed by atoms with E-state index in [1.54, 1.807) is 12.0 Å². The van der Waals surface area contributed by atoms with Crippen LogP contribution in [0, 0.1) is 11.3 Å². The molecule has 1 aromatic carbocycles. The molecule has 1 aromatic rings. The summed E-state index contributed by atoms with van der Waals surface area (Å²) >= 11 is 0. The predicted molar refractivity (Wildman–Crippen MR) is 95.0 cm³/mol. The van der Waals surface area contributed by atoms with Crippen molar-refractivity contribution in [2.24, 2.45) is 11.3 Å². The van der Waals surface area contributed by atoms with Crippen molar-refractivity contribution in [3.8, 4) is 5.75 Å². The standard InChI is InChI=1S/C19H26N2O5/c1-25-9-10-26-16-6-4-14(5-7-16)11-20-18(24)21-12-15-3-2-8-19(15,13-21)17(22)23/h4-7,15H,2-3,8-13H2,1H3,(H,20,24)(H,22,23)/t15-,19+/m0/s1. The van der Waals surface area contributed by atoms with Crippen molar-refractivity contribution in [3.63, 3.8) is 0 Å². The van der Waals surface area contributed by atoms with E-state index in [4.69, 9.17) is 9.47 Å². The van der Waals surface area contributed by atoms with Crippen LogP contribution in [0.25, 0.3) is 0 Å². The van der Waals surface area contributed by atoms with Crippen LogP contribution in [0.2, 0.25) is 0 Å². The average molecular weight is 362 g/mol. The number of carboxylic acid groups (broad SMARTS) is 1. The lowest BCUT2D eigenvalue weighted by Crippen LogP contribution is -2.41. The maximum atomic E-state index is 12.4. The highest BCUT2D eigenvalue weighted by atomic mass is 16.5. The van der Waals surface area contributed by atoms with Gasteiger partial charge in [-0.1, -0.05) is 18.6 Å². The number of hydrogen-bond donors (Lipinski definition) is 2. The zero-order chi connectivity index (χ0) is 18.6. The maximum absolute atomic E-state index is 12.4. The summed E-state index contributed by atoms with van der Waals surface area (Å²) in [6.45, 7) is 2.27. The Labute approximate surface area is 153 Å². The highest BCUT2D eigenvalue weighted by Crippen LogP contribution is 2.48. The van der Waals surface area contributed by atoms with Crippen molar-refractivity contribution >= 4 is 12.0 Å². The van der Waals surface area contributed by atoms with Gasteiger partial charge in [-0.05, 0) is 36.5 Å².